The van der Waals surface area contributed by atoms with E-state index in [1.54, 1.807) is 0 Å². The molecule has 0 radical (unpaired) electrons. The van der Waals surface area contributed by atoms with Gasteiger partial charge in [0.25, 0.3) is 5.91 Å². The number of hydrazine groups is 1. The molecule has 5 N–H and O–H groups in total. The topological polar surface area (TPSA) is 81.1 Å². The van der Waals surface area contributed by atoms with E-state index in [0.717, 1.165) is 11.1 Å². The van der Waals surface area contributed by atoms with Gasteiger partial charge in [-0.25, -0.2) is 5.84 Å². The fourth-order valence-electron chi connectivity index (χ4n) is 1.95. The summed E-state index contributed by atoms with van der Waals surface area (Å²) in [5, 5.41) is 0. The van der Waals surface area contributed by atoms with Crippen LogP contribution in [0.1, 0.15) is 11.1 Å². The molecule has 1 amide bonds. The summed E-state index contributed by atoms with van der Waals surface area (Å²) < 4.78 is 0. The average molecular weight is 228 g/mol. The lowest BCUT2D eigenvalue weighted by molar-refractivity contribution is -0.126. The summed E-state index contributed by atoms with van der Waals surface area (Å²) in [4.78, 5) is 11.4. The molecular formula is C10H14ClN3O. The highest BCUT2D eigenvalue weighted by Gasteiger charge is 2.39. The van der Waals surface area contributed by atoms with Gasteiger partial charge in [0, 0.05) is 12.8 Å². The minimum absolute atomic E-state index is 0. The van der Waals surface area contributed by atoms with Crippen LogP contribution in [0.5, 0.6) is 0 Å². The number of nitrogens with one attached hydrogen (secondary N) is 1. The van der Waals surface area contributed by atoms with Crippen LogP contribution in [0.15, 0.2) is 24.3 Å². The zero-order chi connectivity index (χ0) is 10.2. The van der Waals surface area contributed by atoms with Crippen molar-refractivity contribution in [2.24, 2.45) is 11.6 Å². The second kappa shape index (κ2) is 4.18. The van der Waals surface area contributed by atoms with Gasteiger partial charge in [0.2, 0.25) is 0 Å². The van der Waals surface area contributed by atoms with Gasteiger partial charge in [-0.2, -0.15) is 0 Å². The molecule has 0 aliphatic heterocycles. The SMILES string of the molecule is Cl.NNC(=O)C1(N)Cc2ccccc2C1. The van der Waals surface area contributed by atoms with Crippen molar-refractivity contribution >= 4 is 18.3 Å². The van der Waals surface area contributed by atoms with Crippen LogP contribution in [-0.4, -0.2) is 11.4 Å². The Balaban J connectivity index is 0.00000112. The molecule has 5 heteroatoms. The van der Waals surface area contributed by atoms with E-state index in [4.69, 9.17) is 11.6 Å². The van der Waals surface area contributed by atoms with E-state index in [9.17, 15) is 4.79 Å². The van der Waals surface area contributed by atoms with Crippen LogP contribution >= 0.6 is 12.4 Å². The molecule has 0 saturated carbocycles. The minimum Gasteiger partial charge on any atom is -0.317 e. The molecular weight excluding hydrogens is 214 g/mol. The second-order valence-electron chi connectivity index (χ2n) is 3.75. The van der Waals surface area contributed by atoms with Crippen LogP contribution in [0.4, 0.5) is 0 Å². The van der Waals surface area contributed by atoms with Crippen LogP contribution in [0.25, 0.3) is 0 Å². The van der Waals surface area contributed by atoms with Crippen molar-refractivity contribution in [1.82, 2.24) is 5.43 Å². The van der Waals surface area contributed by atoms with Crippen LogP contribution < -0.4 is 17.0 Å². The van der Waals surface area contributed by atoms with Gasteiger partial charge in [-0.1, -0.05) is 24.3 Å². The van der Waals surface area contributed by atoms with Crippen molar-refractivity contribution in [3.8, 4) is 0 Å². The molecule has 0 heterocycles. The number of amides is 1. The predicted octanol–water partition coefficient (Wildman–Crippen LogP) is -0.106. The van der Waals surface area contributed by atoms with E-state index >= 15 is 0 Å². The standard InChI is InChI=1S/C10H13N3O.ClH/c11-10(9(14)13-12)5-7-3-1-2-4-8(7)6-10;/h1-4H,5-6,11-12H2,(H,13,14);1H. The lowest BCUT2D eigenvalue weighted by Gasteiger charge is -2.20. The zero-order valence-electron chi connectivity index (χ0n) is 8.19. The number of benzene rings is 1. The molecule has 1 aromatic rings. The Morgan fingerprint density at radius 1 is 1.27 bits per heavy atom. The first-order chi connectivity index (χ1) is 6.65. The van der Waals surface area contributed by atoms with Gasteiger partial charge in [0.1, 0.15) is 5.54 Å². The third kappa shape index (κ3) is 1.97. The van der Waals surface area contributed by atoms with E-state index in [2.05, 4.69) is 5.43 Å². The highest BCUT2D eigenvalue weighted by atomic mass is 35.5. The lowest BCUT2D eigenvalue weighted by atomic mass is 9.96. The summed E-state index contributed by atoms with van der Waals surface area (Å²) in [6.45, 7) is 0. The molecule has 0 saturated heterocycles. The molecule has 0 atom stereocenters. The summed E-state index contributed by atoms with van der Waals surface area (Å²) in [6, 6.07) is 7.89. The van der Waals surface area contributed by atoms with Crippen molar-refractivity contribution in [1.29, 1.82) is 0 Å². The van der Waals surface area contributed by atoms with E-state index in [1.165, 1.54) is 0 Å². The number of nitrogens with two attached hydrogens (primary N) is 2. The van der Waals surface area contributed by atoms with Gasteiger partial charge < -0.3 is 5.73 Å². The third-order valence-corrected chi connectivity index (χ3v) is 2.71. The smallest absolute Gasteiger partial charge is 0.254 e. The molecule has 1 aliphatic rings. The maximum atomic E-state index is 11.4. The molecule has 4 nitrogen and oxygen atoms in total. The molecule has 2 rings (SSSR count). The number of carbonyl (C=O) groups is 1. The lowest BCUT2D eigenvalue weighted by Crippen LogP contribution is -2.56. The first-order valence-corrected chi connectivity index (χ1v) is 4.52. The molecule has 0 aromatic heterocycles. The summed E-state index contributed by atoms with van der Waals surface area (Å²) in [5.74, 6) is 4.79. The fourth-order valence-corrected chi connectivity index (χ4v) is 1.95. The summed E-state index contributed by atoms with van der Waals surface area (Å²) in [5.41, 5.74) is 9.50. The number of hydrogen-bond acceptors (Lipinski definition) is 3. The van der Waals surface area contributed by atoms with Gasteiger partial charge in [-0.15, -0.1) is 12.4 Å². The molecule has 0 spiro atoms. The summed E-state index contributed by atoms with van der Waals surface area (Å²) >= 11 is 0. The number of fused-ring (bicyclic) bond motifs is 1. The van der Waals surface area contributed by atoms with Crippen LogP contribution in [-0.2, 0) is 17.6 Å². The average Bonchev–Trinajstić information content (AvgIpc) is 2.54. The molecule has 82 valence electrons. The molecule has 0 unspecified atom stereocenters. The van der Waals surface area contributed by atoms with Crippen molar-refractivity contribution in [3.63, 3.8) is 0 Å². The Labute approximate surface area is 94.4 Å². The molecule has 1 aliphatic carbocycles. The molecule has 0 bridgehead atoms. The number of carbonyl (C=O) groups excluding carboxylic acids is 1. The number of hydrogen-bond donors (Lipinski definition) is 3. The summed E-state index contributed by atoms with van der Waals surface area (Å²) in [6.07, 6.45) is 1.12. The molecule has 15 heavy (non-hydrogen) atoms. The van der Waals surface area contributed by atoms with Crippen molar-refractivity contribution in [2.45, 2.75) is 18.4 Å². The normalized spacial score (nSPS) is 16.4. The van der Waals surface area contributed by atoms with E-state index in [0.29, 0.717) is 12.8 Å². The van der Waals surface area contributed by atoms with Gasteiger partial charge in [0.05, 0.1) is 0 Å². The third-order valence-electron chi connectivity index (χ3n) is 2.71. The maximum absolute atomic E-state index is 11.4. The van der Waals surface area contributed by atoms with E-state index in [1.807, 2.05) is 24.3 Å². The molecule has 0 fully saturated rings. The van der Waals surface area contributed by atoms with E-state index in [-0.39, 0.29) is 18.3 Å². The van der Waals surface area contributed by atoms with Gasteiger partial charge >= 0.3 is 0 Å². The van der Waals surface area contributed by atoms with Crippen LogP contribution in [0.3, 0.4) is 0 Å². The van der Waals surface area contributed by atoms with Crippen molar-refractivity contribution in [2.75, 3.05) is 0 Å². The van der Waals surface area contributed by atoms with Crippen molar-refractivity contribution in [3.05, 3.63) is 35.4 Å². The Morgan fingerprint density at radius 2 is 1.73 bits per heavy atom. The maximum Gasteiger partial charge on any atom is 0.254 e. The molecule has 1 aromatic carbocycles. The Bertz CT molecular complexity index is 356. The van der Waals surface area contributed by atoms with Crippen LogP contribution in [0.2, 0.25) is 0 Å². The van der Waals surface area contributed by atoms with Crippen molar-refractivity contribution < 1.29 is 4.79 Å². The highest BCUT2D eigenvalue weighted by molar-refractivity contribution is 5.87. The first-order valence-electron chi connectivity index (χ1n) is 4.52. The quantitative estimate of drug-likeness (QED) is 0.356. The second-order valence-corrected chi connectivity index (χ2v) is 3.75. The fraction of sp³-hybridized carbons (Fsp3) is 0.300. The van der Waals surface area contributed by atoms with Gasteiger partial charge in [-0.05, 0) is 11.1 Å². The number of halogens is 1. The predicted molar refractivity (Wildman–Crippen MR) is 60.3 cm³/mol. The largest absolute Gasteiger partial charge is 0.317 e. The van der Waals surface area contributed by atoms with Crippen LogP contribution in [0, 0.1) is 0 Å². The zero-order valence-corrected chi connectivity index (χ0v) is 9.01. The Kier molecular flexibility index (Phi) is 3.34. The number of rotatable bonds is 1. The Morgan fingerprint density at radius 3 is 2.13 bits per heavy atom. The van der Waals surface area contributed by atoms with Gasteiger partial charge in [-0.3, -0.25) is 10.2 Å². The minimum atomic E-state index is -0.863. The Hall–Kier alpha value is -1.10. The van der Waals surface area contributed by atoms with E-state index < -0.39 is 5.54 Å². The monoisotopic (exact) mass is 227 g/mol. The van der Waals surface area contributed by atoms with Gasteiger partial charge in [0.15, 0.2) is 0 Å². The summed E-state index contributed by atoms with van der Waals surface area (Å²) in [7, 11) is 0. The highest BCUT2D eigenvalue weighted by Crippen LogP contribution is 2.27. The first kappa shape index (κ1) is 12.0.